The van der Waals surface area contributed by atoms with Gasteiger partial charge in [-0.2, -0.15) is 48.3 Å². The van der Waals surface area contributed by atoms with Gasteiger partial charge in [-0.1, -0.05) is 66.7 Å². The van der Waals surface area contributed by atoms with Crippen molar-refractivity contribution >= 4 is 28.5 Å². The molecule has 0 unspecified atom stereocenters. The summed E-state index contributed by atoms with van der Waals surface area (Å²) < 4.78 is 71.3. The van der Waals surface area contributed by atoms with E-state index in [-0.39, 0.29) is 33.6 Å². The average Bonchev–Trinajstić information content (AvgIpc) is 3.23. The first-order valence-corrected chi connectivity index (χ1v) is 16.0. The van der Waals surface area contributed by atoms with Gasteiger partial charge in [0.2, 0.25) is 0 Å². The highest BCUT2D eigenvalue weighted by Gasteiger charge is 2.47. The Hall–Kier alpha value is -9.03. The molecule has 13 heteroatoms. The average molecular weight is 748 g/mol. The second-order valence-electron chi connectivity index (χ2n) is 12.0. The minimum atomic E-state index is -4.39. The molecule has 0 amide bonds. The third kappa shape index (κ3) is 6.71. The van der Waals surface area contributed by atoms with Crippen LogP contribution in [0.5, 0.6) is 0 Å². The summed E-state index contributed by atoms with van der Waals surface area (Å²) in [7, 11) is 0. The Balaban J connectivity index is 2.34. The minimum absolute atomic E-state index is 0.0296. The molecular formula is C44H17F4N9. The summed E-state index contributed by atoms with van der Waals surface area (Å²) in [6.45, 7) is 40.0. The smallest absolute Gasteiger partial charge is 0.250 e. The van der Waals surface area contributed by atoms with Crippen LogP contribution in [-0.4, -0.2) is 0 Å². The van der Waals surface area contributed by atoms with Gasteiger partial charge >= 0.3 is 5.82 Å². The molecule has 0 aliphatic rings. The third-order valence-corrected chi connectivity index (χ3v) is 8.91. The van der Waals surface area contributed by atoms with E-state index in [0.717, 1.165) is 72.8 Å². The van der Waals surface area contributed by atoms with E-state index >= 15 is 17.6 Å². The summed E-state index contributed by atoms with van der Waals surface area (Å²) in [6.07, 6.45) is 0. The van der Waals surface area contributed by atoms with Gasteiger partial charge in [-0.15, -0.1) is 0 Å². The molecule has 0 saturated carbocycles. The maximum Gasteiger partial charge on any atom is 0.527 e. The van der Waals surface area contributed by atoms with E-state index in [0.29, 0.717) is 0 Å². The predicted molar refractivity (Wildman–Crippen MR) is 200 cm³/mol. The highest BCUT2D eigenvalue weighted by molar-refractivity contribution is 5.91. The topological polar surface area (TPSA) is 117 Å². The van der Waals surface area contributed by atoms with E-state index in [9.17, 15) is 21.0 Å². The number of aryl methyl sites for hydroxylation is 1. The zero-order chi connectivity index (χ0) is 41.7. The normalized spacial score (nSPS) is 10.4. The van der Waals surface area contributed by atoms with E-state index in [4.69, 9.17) is 32.9 Å². The molecule has 0 N–H and O–H groups in total. The van der Waals surface area contributed by atoms with E-state index in [2.05, 4.69) is 24.2 Å². The zero-order valence-electron chi connectivity index (χ0n) is 29.1. The molecule has 9 nitrogen and oxygen atoms in total. The van der Waals surface area contributed by atoms with Gasteiger partial charge in [-0.25, -0.2) is 4.85 Å². The van der Waals surface area contributed by atoms with Crippen molar-refractivity contribution in [1.82, 2.24) is 0 Å². The van der Waals surface area contributed by atoms with Crippen LogP contribution in [0.3, 0.4) is 0 Å². The molecule has 0 spiro atoms. The predicted octanol–water partition coefficient (Wildman–Crippen LogP) is 10.1. The summed E-state index contributed by atoms with van der Waals surface area (Å²) in [5.41, 5.74) is -8.31. The van der Waals surface area contributed by atoms with Crippen molar-refractivity contribution in [1.29, 1.82) is 21.0 Å². The van der Waals surface area contributed by atoms with Crippen LogP contribution in [0.2, 0.25) is 0 Å². The van der Waals surface area contributed by atoms with Crippen LogP contribution in [0, 0.1) is 85.1 Å². The lowest BCUT2D eigenvalue weighted by atomic mass is 9.78. The number of halogens is 4. The molecule has 0 atom stereocenters. The summed E-state index contributed by atoms with van der Waals surface area (Å²) in [5, 5.41) is 37.9. The van der Waals surface area contributed by atoms with E-state index in [1.54, 1.807) is 18.2 Å². The molecule has 0 fully saturated rings. The van der Waals surface area contributed by atoms with Crippen LogP contribution in [-0.2, 0) is 11.8 Å². The molecule has 5 aromatic rings. The van der Waals surface area contributed by atoms with Crippen molar-refractivity contribution in [3.8, 4) is 46.5 Å². The number of hydrogen-bond donors (Lipinski definition) is 0. The number of benzene rings is 5. The van der Waals surface area contributed by atoms with E-state index in [1.807, 2.05) is 6.07 Å². The van der Waals surface area contributed by atoms with Gasteiger partial charge in [0.05, 0.1) is 48.2 Å². The van der Waals surface area contributed by atoms with Crippen molar-refractivity contribution < 1.29 is 17.6 Å². The Morgan fingerprint density at radius 2 is 1.09 bits per heavy atom. The third-order valence-electron chi connectivity index (χ3n) is 8.91. The Labute approximate surface area is 323 Å². The Morgan fingerprint density at radius 3 is 1.56 bits per heavy atom. The molecule has 0 saturated heterocycles. The Morgan fingerprint density at radius 1 is 0.579 bits per heavy atom. The van der Waals surface area contributed by atoms with Gasteiger partial charge in [0.25, 0.3) is 11.8 Å². The fourth-order valence-electron chi connectivity index (χ4n) is 6.30. The van der Waals surface area contributed by atoms with Gasteiger partial charge in [0, 0.05) is 33.0 Å². The fraction of sp³-hybridized carbons (Fsp3) is 0.0682. The molecule has 0 bridgehead atoms. The van der Waals surface area contributed by atoms with E-state index < -0.39 is 78.3 Å². The van der Waals surface area contributed by atoms with Crippen LogP contribution in [0.4, 0.5) is 34.6 Å². The van der Waals surface area contributed by atoms with Gasteiger partial charge in [0.1, 0.15) is 30.9 Å². The minimum Gasteiger partial charge on any atom is -0.250 e. The SMILES string of the molecule is [C-]#[N+]C([N+]#[C-])=c1c(-c2ccc([N+]#[C-])c([N+]#[C-])c2)c(C(F)(F)c2ccc(C#N)cc2)c(=C(C#N)C#N)c(-c2ccc(C#N)c(C)c2)c1C(F)(F)c1ccc([N+]#[C-])cc1. The molecule has 57 heavy (non-hydrogen) atoms. The molecule has 0 radical (unpaired) electrons. The first kappa shape index (κ1) is 39.2. The van der Waals surface area contributed by atoms with Gasteiger partial charge in [-0.05, 0) is 47.4 Å². The van der Waals surface area contributed by atoms with Gasteiger partial charge in [-0.3, -0.25) is 9.69 Å². The fourth-order valence-corrected chi connectivity index (χ4v) is 6.30. The number of nitriles is 4. The molecular weight excluding hydrogens is 731 g/mol. The van der Waals surface area contributed by atoms with Crippen molar-refractivity contribution in [2.45, 2.75) is 18.8 Å². The standard InChI is InChI=1S/C44H17F4N9/c1-25-19-27(9-10-29(25)22-50)36-38(30(23-51)24-52)40(43(45,46)31-12-7-26(21-49)8-13-31)37(28-11-18-34(54-3)35(20-28)55-4)39(42(56-5)57-6)41(36)44(47,48)32-14-16-33(53-2)17-15-32/h7-20H,1H3. The highest BCUT2D eigenvalue weighted by Crippen LogP contribution is 2.46. The quantitative estimate of drug-likeness (QED) is 0.127. The molecule has 266 valence electrons. The van der Waals surface area contributed by atoms with Crippen LogP contribution in [0.25, 0.3) is 57.9 Å². The molecule has 5 rings (SSSR count). The number of alkyl halides is 4. The van der Waals surface area contributed by atoms with Crippen LogP contribution in [0.1, 0.15) is 38.9 Å². The number of rotatable bonds is 6. The maximum atomic E-state index is 17.8. The van der Waals surface area contributed by atoms with Crippen LogP contribution < -0.4 is 10.4 Å². The van der Waals surface area contributed by atoms with Gasteiger partial charge < -0.3 is 0 Å². The van der Waals surface area contributed by atoms with Crippen molar-refractivity contribution in [3.05, 3.63) is 191 Å². The summed E-state index contributed by atoms with van der Waals surface area (Å²) in [4.78, 5) is 16.2. The Kier molecular flexibility index (Phi) is 10.7. The monoisotopic (exact) mass is 747 g/mol. The summed E-state index contributed by atoms with van der Waals surface area (Å²) in [6, 6.07) is 21.3. The molecule has 5 aromatic carbocycles. The first-order chi connectivity index (χ1) is 27.3. The summed E-state index contributed by atoms with van der Waals surface area (Å²) >= 11 is 0. The Bertz CT molecular complexity index is 3030. The van der Waals surface area contributed by atoms with Crippen molar-refractivity contribution in [2.75, 3.05) is 0 Å². The molecule has 0 aliphatic heterocycles. The maximum absolute atomic E-state index is 17.8. The van der Waals surface area contributed by atoms with Crippen molar-refractivity contribution in [2.24, 2.45) is 0 Å². The number of nitrogens with zero attached hydrogens (tertiary/aromatic N) is 9. The number of hydrogen-bond acceptors (Lipinski definition) is 4. The second kappa shape index (κ2) is 15.5. The highest BCUT2D eigenvalue weighted by atomic mass is 19.3. The largest absolute Gasteiger partial charge is 0.527 e. The lowest BCUT2D eigenvalue weighted by Crippen LogP contribution is -2.39. The van der Waals surface area contributed by atoms with Crippen LogP contribution in [0.15, 0.2) is 84.9 Å². The van der Waals surface area contributed by atoms with Crippen molar-refractivity contribution in [3.63, 3.8) is 0 Å². The zero-order valence-corrected chi connectivity index (χ0v) is 29.1. The molecule has 0 aliphatic carbocycles. The first-order valence-electron chi connectivity index (χ1n) is 16.0. The summed E-state index contributed by atoms with van der Waals surface area (Å²) in [5.74, 6) is -9.89. The second-order valence-corrected chi connectivity index (χ2v) is 12.0. The van der Waals surface area contributed by atoms with E-state index in [1.165, 1.54) is 19.1 Å². The van der Waals surface area contributed by atoms with Gasteiger partial charge in [0.15, 0.2) is 17.1 Å². The van der Waals surface area contributed by atoms with Crippen LogP contribution >= 0.6 is 0 Å². The lowest BCUT2D eigenvalue weighted by molar-refractivity contribution is 0.0380. The molecule has 0 heterocycles. The lowest BCUT2D eigenvalue weighted by Gasteiger charge is -2.29. The molecule has 0 aromatic heterocycles.